The van der Waals surface area contributed by atoms with E-state index in [0.717, 1.165) is 24.8 Å². The van der Waals surface area contributed by atoms with E-state index in [0.29, 0.717) is 44.3 Å². The normalized spacial score (nSPS) is 47.8. The number of carbonyl (C=O) groups is 3. The van der Waals surface area contributed by atoms with Crippen LogP contribution in [0, 0.1) is 50.2 Å². The highest BCUT2D eigenvalue weighted by Gasteiger charge is 2.72. The topological polar surface area (TPSA) is 123 Å². The molecule has 0 radical (unpaired) electrons. The quantitative estimate of drug-likeness (QED) is 0.284. The molecule has 2 heterocycles. The molecule has 2 N–H and O–H groups in total. The maximum Gasteiger partial charge on any atom is 0.358 e. The summed E-state index contributed by atoms with van der Waals surface area (Å²) in [4.78, 5) is 44.1. The molecule has 7 rings (SSSR count). The standard InChI is InChI=1S/C40H57F2NO8/c1-23-27(51-33(48)50-23)22-49-32(47)39(7)28-8-11-38(6)30(36(28,4)10-9-29(39)43-18-16-40(41,42)17-19-43)26(44)20-24-25-21-35(3,31(45)46)13-12-34(25,2)14-15-37(24,38)5/h20,25,28-30,33,48H,8-19,21-22H2,1-7H3,(H,45,46)/t25-,28+,29-,30+,33?,34+,35-,36-,37+,38+,39-/m0/s1. The van der Waals surface area contributed by atoms with Crippen LogP contribution in [-0.4, -0.2) is 71.0 Å². The lowest BCUT2D eigenvalue weighted by atomic mass is 9.33. The lowest BCUT2D eigenvalue weighted by Crippen LogP contribution is -2.70. The Kier molecular flexibility index (Phi) is 8.47. The van der Waals surface area contributed by atoms with E-state index in [9.17, 15) is 33.4 Å². The van der Waals surface area contributed by atoms with Crippen molar-refractivity contribution in [3.05, 3.63) is 23.2 Å². The highest BCUT2D eigenvalue weighted by molar-refractivity contribution is 5.96. The van der Waals surface area contributed by atoms with E-state index in [1.807, 2.05) is 19.9 Å². The highest BCUT2D eigenvalue weighted by atomic mass is 19.3. The van der Waals surface area contributed by atoms with E-state index < -0.39 is 46.0 Å². The maximum absolute atomic E-state index is 14.9. The lowest BCUT2D eigenvalue weighted by Gasteiger charge is -2.71. The van der Waals surface area contributed by atoms with E-state index in [4.69, 9.17) is 14.2 Å². The summed E-state index contributed by atoms with van der Waals surface area (Å²) in [7, 11) is 0. The van der Waals surface area contributed by atoms with Crippen molar-refractivity contribution in [2.24, 2.45) is 50.2 Å². The highest BCUT2D eigenvalue weighted by Crippen LogP contribution is 2.75. The molecule has 0 aromatic heterocycles. The first kappa shape index (κ1) is 36.8. The Labute approximate surface area is 300 Å². The van der Waals surface area contributed by atoms with Crippen LogP contribution in [0.25, 0.3) is 0 Å². The van der Waals surface area contributed by atoms with Gasteiger partial charge in [0.05, 0.1) is 10.8 Å². The minimum Gasteiger partial charge on any atom is -0.481 e. The zero-order valence-corrected chi connectivity index (χ0v) is 31.4. The summed E-state index contributed by atoms with van der Waals surface area (Å²) in [6, 6.07) is -0.350. The fourth-order valence-corrected chi connectivity index (χ4v) is 12.9. The van der Waals surface area contributed by atoms with Gasteiger partial charge < -0.3 is 24.4 Å². The number of piperidine rings is 1. The van der Waals surface area contributed by atoms with Gasteiger partial charge in [-0.15, -0.1) is 0 Å². The molecular weight excluding hydrogens is 660 g/mol. The maximum atomic E-state index is 14.9. The van der Waals surface area contributed by atoms with Gasteiger partial charge in [0.15, 0.2) is 18.1 Å². The van der Waals surface area contributed by atoms with Gasteiger partial charge in [0.25, 0.3) is 5.92 Å². The second kappa shape index (κ2) is 11.7. The van der Waals surface area contributed by atoms with Gasteiger partial charge in [0, 0.05) is 37.9 Å². The van der Waals surface area contributed by atoms with Crippen molar-refractivity contribution in [2.75, 3.05) is 19.7 Å². The fraction of sp³-hybridized carbons (Fsp3) is 0.825. The van der Waals surface area contributed by atoms with E-state index in [1.54, 1.807) is 6.92 Å². The Balaban J connectivity index is 1.26. The number of fused-ring (bicyclic) bond motifs is 7. The molecule has 0 amide bonds. The van der Waals surface area contributed by atoms with Crippen molar-refractivity contribution in [3.8, 4) is 0 Å². The fourth-order valence-electron chi connectivity index (χ4n) is 12.9. The number of carboxylic acids is 1. The summed E-state index contributed by atoms with van der Waals surface area (Å²) in [5.41, 5.74) is -2.21. The van der Waals surface area contributed by atoms with Gasteiger partial charge >= 0.3 is 18.4 Å². The number of likely N-dealkylation sites (tertiary alicyclic amines) is 1. The first-order valence-electron chi connectivity index (χ1n) is 19.1. The molecular formula is C40H57F2NO8. The van der Waals surface area contributed by atoms with Crippen molar-refractivity contribution < 1.29 is 47.6 Å². The first-order valence-corrected chi connectivity index (χ1v) is 19.1. The van der Waals surface area contributed by atoms with Crippen LogP contribution in [0.15, 0.2) is 23.2 Å². The van der Waals surface area contributed by atoms with Crippen LogP contribution in [0.1, 0.15) is 119 Å². The summed E-state index contributed by atoms with van der Waals surface area (Å²) in [6.45, 7) is 13.1. The van der Waals surface area contributed by atoms with Gasteiger partial charge in [-0.25, -0.2) is 8.78 Å². The summed E-state index contributed by atoms with van der Waals surface area (Å²) in [5, 5.41) is 20.1. The van der Waals surface area contributed by atoms with Gasteiger partial charge in [0.1, 0.15) is 5.76 Å². The van der Waals surface area contributed by atoms with E-state index in [-0.39, 0.29) is 78.7 Å². The summed E-state index contributed by atoms with van der Waals surface area (Å²) in [5.74, 6) is -3.98. The van der Waals surface area contributed by atoms with Gasteiger partial charge in [-0.3, -0.25) is 19.3 Å². The third-order valence-corrected chi connectivity index (χ3v) is 16.4. The van der Waals surface area contributed by atoms with Gasteiger partial charge in [-0.05, 0) is 118 Å². The van der Waals surface area contributed by atoms with Crippen LogP contribution in [-0.2, 0) is 28.6 Å². The molecule has 5 aliphatic carbocycles. The molecule has 284 valence electrons. The van der Waals surface area contributed by atoms with E-state index in [2.05, 4.69) is 32.6 Å². The van der Waals surface area contributed by atoms with Crippen LogP contribution in [0.2, 0.25) is 0 Å². The van der Waals surface area contributed by atoms with Gasteiger partial charge in [-0.1, -0.05) is 33.3 Å². The van der Waals surface area contributed by atoms with Crippen molar-refractivity contribution in [2.45, 2.75) is 138 Å². The molecule has 0 aromatic rings. The molecule has 2 aliphatic heterocycles. The molecule has 9 nitrogen and oxygen atoms in total. The minimum atomic E-state index is -2.74. The predicted molar refractivity (Wildman–Crippen MR) is 183 cm³/mol. The lowest BCUT2D eigenvalue weighted by molar-refractivity contribution is -0.215. The summed E-state index contributed by atoms with van der Waals surface area (Å²) in [6.07, 6.45) is 7.85. The molecule has 11 atom stereocenters. The molecule has 1 saturated heterocycles. The smallest absolute Gasteiger partial charge is 0.358 e. The number of esters is 1. The van der Waals surface area contributed by atoms with Crippen LogP contribution < -0.4 is 0 Å². The van der Waals surface area contributed by atoms with Gasteiger partial charge in [-0.2, -0.15) is 0 Å². The molecule has 5 fully saturated rings. The number of ether oxygens (including phenoxy) is 3. The number of aliphatic carboxylic acids is 1. The van der Waals surface area contributed by atoms with Crippen LogP contribution in [0.3, 0.4) is 0 Å². The number of carboxylic acid groups (broad SMARTS) is 1. The zero-order chi connectivity index (χ0) is 37.2. The third kappa shape index (κ3) is 5.27. The molecule has 0 aromatic carbocycles. The van der Waals surface area contributed by atoms with Crippen molar-refractivity contribution in [1.82, 2.24) is 4.90 Å². The number of alkyl halides is 2. The van der Waals surface area contributed by atoms with Crippen LogP contribution >= 0.6 is 0 Å². The molecule has 51 heavy (non-hydrogen) atoms. The number of aliphatic hydroxyl groups is 1. The number of carbonyl (C=O) groups excluding carboxylic acids is 2. The number of hydrogen-bond donors (Lipinski definition) is 2. The summed E-state index contributed by atoms with van der Waals surface area (Å²) >= 11 is 0. The average Bonchev–Trinajstić information content (AvgIpc) is 3.38. The zero-order valence-electron chi connectivity index (χ0n) is 31.4. The van der Waals surface area contributed by atoms with Crippen molar-refractivity contribution in [1.29, 1.82) is 0 Å². The number of hydrogen-bond acceptors (Lipinski definition) is 8. The third-order valence-electron chi connectivity index (χ3n) is 16.4. The number of allylic oxidation sites excluding steroid dienone is 3. The Hall–Kier alpha value is -2.53. The number of ketones is 1. The summed E-state index contributed by atoms with van der Waals surface area (Å²) < 4.78 is 45.3. The molecule has 1 unspecified atom stereocenters. The second-order valence-corrected chi connectivity index (χ2v) is 18.9. The molecule has 11 heteroatoms. The molecule has 7 aliphatic rings. The Bertz CT molecular complexity index is 1570. The van der Waals surface area contributed by atoms with E-state index >= 15 is 0 Å². The number of nitrogens with zero attached hydrogens (tertiary/aromatic N) is 1. The van der Waals surface area contributed by atoms with Crippen molar-refractivity contribution >= 4 is 17.7 Å². The number of halogens is 2. The van der Waals surface area contributed by atoms with Gasteiger partial charge in [0.2, 0.25) is 0 Å². The average molecular weight is 718 g/mol. The number of rotatable bonds is 5. The van der Waals surface area contributed by atoms with Crippen LogP contribution in [0.5, 0.6) is 0 Å². The van der Waals surface area contributed by atoms with Crippen LogP contribution in [0.4, 0.5) is 8.78 Å². The van der Waals surface area contributed by atoms with E-state index in [1.165, 1.54) is 0 Å². The van der Waals surface area contributed by atoms with Crippen molar-refractivity contribution in [3.63, 3.8) is 0 Å². The second-order valence-electron chi connectivity index (χ2n) is 18.9. The molecule has 0 spiro atoms. The Morgan fingerprint density at radius 3 is 2.24 bits per heavy atom. The minimum absolute atomic E-state index is 0.00429. The molecule has 4 saturated carbocycles. The monoisotopic (exact) mass is 717 g/mol. The first-order chi connectivity index (χ1) is 23.6. The SMILES string of the molecule is CC1=C(COC(=O)[C@]2(C)[C@@H](N3CCC(F)(F)CC3)CC[C@@]3(C)[C@H]2CC[C@]2(C)[C@@H]3C(=O)C=C3[C@@H]4C[C@@](C)(C(=O)O)CC[C@]4(C)CC[C@]32C)OC(O)O1. The number of aliphatic hydroxyl groups excluding tert-OH is 1. The Morgan fingerprint density at radius 2 is 1.61 bits per heavy atom. The molecule has 0 bridgehead atoms. The Morgan fingerprint density at radius 1 is 0.941 bits per heavy atom. The predicted octanol–water partition coefficient (Wildman–Crippen LogP) is 7.23. The largest absolute Gasteiger partial charge is 0.481 e.